The minimum Gasteiger partial charge on any atom is -0.462 e. The summed E-state index contributed by atoms with van der Waals surface area (Å²) in [6, 6.07) is 10.2. The van der Waals surface area contributed by atoms with Crippen molar-refractivity contribution in [3.63, 3.8) is 0 Å². The number of esters is 1. The molecule has 1 aromatic rings. The second kappa shape index (κ2) is 10.4. The second-order valence-corrected chi connectivity index (χ2v) is 16.7. The van der Waals surface area contributed by atoms with Gasteiger partial charge in [-0.15, -0.1) is 0 Å². The van der Waals surface area contributed by atoms with Gasteiger partial charge < -0.3 is 10.1 Å². The molecule has 0 heterocycles. The average Bonchev–Trinajstić information content (AvgIpc) is 3.35. The monoisotopic (exact) mass is 589 g/mol. The Morgan fingerprint density at radius 1 is 0.791 bits per heavy atom. The highest BCUT2D eigenvalue weighted by molar-refractivity contribution is 5.87. The Hall–Kier alpha value is -2.17. The van der Waals surface area contributed by atoms with E-state index in [2.05, 4.69) is 52.1 Å². The van der Waals surface area contributed by atoms with Crippen LogP contribution < -0.4 is 5.32 Å². The number of hydrogen-bond acceptors (Lipinski definition) is 4. The highest BCUT2D eigenvalue weighted by Crippen LogP contribution is 2.77. The molecule has 0 aliphatic heterocycles. The van der Waals surface area contributed by atoms with Crippen LogP contribution in [-0.4, -0.2) is 23.8 Å². The van der Waals surface area contributed by atoms with E-state index < -0.39 is 5.41 Å². The normalized spacial score (nSPS) is 44.6. The Labute approximate surface area is 259 Å². The third kappa shape index (κ3) is 4.40. The number of Topliss-reactive ketones (excluding diaryl/α,β-unsaturated/α-hetero) is 1. The molecule has 0 spiro atoms. The van der Waals surface area contributed by atoms with E-state index >= 15 is 0 Å². The number of carbonyl (C=O) groups is 3. The van der Waals surface area contributed by atoms with Crippen molar-refractivity contribution in [3.05, 3.63) is 35.9 Å². The zero-order valence-corrected chi connectivity index (χ0v) is 27.8. The van der Waals surface area contributed by atoms with E-state index in [9.17, 15) is 14.4 Å². The van der Waals surface area contributed by atoms with Gasteiger partial charge in [-0.3, -0.25) is 14.4 Å². The van der Waals surface area contributed by atoms with Crippen LogP contribution in [0.2, 0.25) is 0 Å². The van der Waals surface area contributed by atoms with Gasteiger partial charge in [0.1, 0.15) is 11.9 Å². The fraction of sp³-hybridized carbons (Fsp3) is 0.763. The van der Waals surface area contributed by atoms with Gasteiger partial charge in [0.2, 0.25) is 5.91 Å². The minimum absolute atomic E-state index is 0.0149. The van der Waals surface area contributed by atoms with E-state index in [1.807, 2.05) is 18.2 Å². The van der Waals surface area contributed by atoms with Gasteiger partial charge in [0.05, 0.1) is 5.41 Å². The van der Waals surface area contributed by atoms with Gasteiger partial charge in [0.25, 0.3) is 0 Å². The van der Waals surface area contributed by atoms with E-state index in [1.54, 1.807) is 13.8 Å². The van der Waals surface area contributed by atoms with Crippen LogP contribution in [0.1, 0.15) is 118 Å². The first-order chi connectivity index (χ1) is 20.2. The first kappa shape index (κ1) is 30.8. The Morgan fingerprint density at radius 2 is 1.51 bits per heavy atom. The molecule has 0 bridgehead atoms. The largest absolute Gasteiger partial charge is 0.462 e. The summed E-state index contributed by atoms with van der Waals surface area (Å²) in [6.45, 7) is 16.3. The maximum Gasteiger partial charge on any atom is 0.302 e. The number of ketones is 1. The van der Waals surface area contributed by atoms with Crippen LogP contribution in [0.15, 0.2) is 30.3 Å². The summed E-state index contributed by atoms with van der Waals surface area (Å²) in [5.41, 5.74) is 1.06. The lowest BCUT2D eigenvalue weighted by Crippen LogP contribution is -2.67. The van der Waals surface area contributed by atoms with Crippen molar-refractivity contribution in [2.45, 2.75) is 125 Å². The number of fused-ring (bicyclic) bond motifs is 7. The number of carbonyl (C=O) groups excluding carboxylic acids is 3. The SMILES string of the molecule is CC(=O)O[C@H]1CC[C@]2(C)[C@H]3CC[C@@H]4[C@H]5[C@H](C(C)=O)CC[C@]5(C(=O)NCc5ccccc5)CC[C@@]4(C)[C@]3(C)CC[C@H]2C1(C)C. The van der Waals surface area contributed by atoms with Gasteiger partial charge in [-0.05, 0) is 117 Å². The molecule has 6 rings (SSSR count). The Bertz CT molecular complexity index is 1270. The fourth-order valence-corrected chi connectivity index (χ4v) is 12.8. The molecule has 0 aromatic heterocycles. The Balaban J connectivity index is 1.31. The molecule has 5 aliphatic carbocycles. The maximum atomic E-state index is 14.2. The number of ether oxygens (including phenoxy) is 1. The zero-order chi connectivity index (χ0) is 31.0. The molecule has 5 fully saturated rings. The first-order valence-corrected chi connectivity index (χ1v) is 17.2. The molecule has 0 radical (unpaired) electrons. The van der Waals surface area contributed by atoms with E-state index in [0.717, 1.165) is 56.9 Å². The average molecular weight is 590 g/mol. The maximum absolute atomic E-state index is 14.2. The summed E-state index contributed by atoms with van der Waals surface area (Å²) in [7, 11) is 0. The molecule has 10 atom stereocenters. The van der Waals surface area contributed by atoms with Crippen LogP contribution >= 0.6 is 0 Å². The van der Waals surface area contributed by atoms with Crippen LogP contribution in [0.25, 0.3) is 0 Å². The van der Waals surface area contributed by atoms with Gasteiger partial charge in [-0.2, -0.15) is 0 Å². The van der Waals surface area contributed by atoms with E-state index in [1.165, 1.54) is 12.8 Å². The van der Waals surface area contributed by atoms with Crippen molar-refractivity contribution in [1.29, 1.82) is 0 Å². The van der Waals surface area contributed by atoms with Crippen molar-refractivity contribution in [2.24, 2.45) is 56.7 Å². The summed E-state index contributed by atoms with van der Waals surface area (Å²) >= 11 is 0. The van der Waals surface area contributed by atoms with Gasteiger partial charge in [0, 0.05) is 24.8 Å². The van der Waals surface area contributed by atoms with Crippen molar-refractivity contribution in [2.75, 3.05) is 0 Å². The van der Waals surface area contributed by atoms with E-state index in [0.29, 0.717) is 24.3 Å². The van der Waals surface area contributed by atoms with Gasteiger partial charge in [0.15, 0.2) is 0 Å². The summed E-state index contributed by atoms with van der Waals surface area (Å²) < 4.78 is 5.92. The Kier molecular flexibility index (Phi) is 7.49. The van der Waals surface area contributed by atoms with Crippen LogP contribution in [0.4, 0.5) is 0 Å². The van der Waals surface area contributed by atoms with Crippen LogP contribution in [-0.2, 0) is 25.7 Å². The topological polar surface area (TPSA) is 72.5 Å². The summed E-state index contributed by atoms with van der Waals surface area (Å²) in [4.78, 5) is 39.5. The molecule has 0 saturated heterocycles. The molecule has 5 heteroatoms. The molecule has 5 nitrogen and oxygen atoms in total. The molecule has 43 heavy (non-hydrogen) atoms. The van der Waals surface area contributed by atoms with E-state index in [-0.39, 0.29) is 57.3 Å². The van der Waals surface area contributed by atoms with Crippen molar-refractivity contribution in [3.8, 4) is 0 Å². The fourth-order valence-electron chi connectivity index (χ4n) is 12.8. The second-order valence-electron chi connectivity index (χ2n) is 16.7. The predicted octanol–water partition coefficient (Wildman–Crippen LogP) is 7.91. The standard InChI is InChI=1S/C38H55NO4/c1-24(40)27-15-20-38(33(42)39-23-26-11-9-8-10-12-26)22-21-36(6)28(32(27)38)13-14-30-35(5)18-17-31(43-25(2)41)34(3,4)29(35)16-19-37(30,36)7/h8-12,27-32H,13-23H2,1-7H3,(H,39,42)/t27-,28+,29-,30+,31-,32+,35-,36+,37+,38-/m0/s1. The molecule has 1 amide bonds. The number of hydrogen-bond donors (Lipinski definition) is 1. The molecule has 1 aromatic carbocycles. The Morgan fingerprint density at radius 3 is 2.19 bits per heavy atom. The highest BCUT2D eigenvalue weighted by Gasteiger charge is 2.72. The lowest BCUT2D eigenvalue weighted by Gasteiger charge is -2.72. The zero-order valence-electron chi connectivity index (χ0n) is 27.8. The van der Waals surface area contributed by atoms with E-state index in [4.69, 9.17) is 4.74 Å². The van der Waals surface area contributed by atoms with Crippen LogP contribution in [0, 0.1) is 56.7 Å². The number of amides is 1. The van der Waals surface area contributed by atoms with Gasteiger partial charge >= 0.3 is 5.97 Å². The van der Waals surface area contributed by atoms with Crippen LogP contribution in [0.3, 0.4) is 0 Å². The van der Waals surface area contributed by atoms with Crippen molar-refractivity contribution >= 4 is 17.7 Å². The lowest BCUT2D eigenvalue weighted by molar-refractivity contribution is -0.249. The number of nitrogens with one attached hydrogen (secondary N) is 1. The number of benzene rings is 1. The highest BCUT2D eigenvalue weighted by atomic mass is 16.5. The quantitative estimate of drug-likeness (QED) is 0.354. The molecular weight excluding hydrogens is 534 g/mol. The van der Waals surface area contributed by atoms with Gasteiger partial charge in [-0.1, -0.05) is 65.0 Å². The molecule has 5 aliphatic rings. The first-order valence-electron chi connectivity index (χ1n) is 17.2. The predicted molar refractivity (Wildman–Crippen MR) is 169 cm³/mol. The smallest absolute Gasteiger partial charge is 0.302 e. The summed E-state index contributed by atoms with van der Waals surface area (Å²) in [6.07, 6.45) is 10.2. The van der Waals surface area contributed by atoms with Crippen LogP contribution in [0.5, 0.6) is 0 Å². The molecule has 0 unspecified atom stereocenters. The minimum atomic E-state index is -0.441. The van der Waals surface area contributed by atoms with Crippen molar-refractivity contribution < 1.29 is 19.1 Å². The third-order valence-electron chi connectivity index (χ3n) is 15.0. The third-order valence-corrected chi connectivity index (χ3v) is 15.0. The van der Waals surface area contributed by atoms with Crippen molar-refractivity contribution in [1.82, 2.24) is 5.32 Å². The van der Waals surface area contributed by atoms with Gasteiger partial charge in [-0.25, -0.2) is 0 Å². The molecule has 5 saturated carbocycles. The summed E-state index contributed by atoms with van der Waals surface area (Å²) in [5, 5.41) is 3.35. The molecular formula is C38H55NO4. The summed E-state index contributed by atoms with van der Waals surface area (Å²) in [5.74, 6) is 1.89. The molecule has 236 valence electrons. The number of rotatable bonds is 5. The molecule has 1 N–H and O–H groups in total. The lowest BCUT2D eigenvalue weighted by atomic mass is 9.32.